The Morgan fingerprint density at radius 2 is 1.69 bits per heavy atom. The van der Waals surface area contributed by atoms with Crippen LogP contribution in [0.5, 0.6) is 0 Å². The Bertz CT molecular complexity index is 1490. The number of hydrogen-bond acceptors (Lipinski definition) is 4. The number of carbonyl (C=O) groups is 2. The molecular formula is C30H27NO3S. The molecule has 0 bridgehead atoms. The summed E-state index contributed by atoms with van der Waals surface area (Å²) >= 11 is 1.46. The number of Topliss-reactive ketones (excluding diaryl/α,β-unsaturated/α-hetero) is 1. The number of nitrogens with zero attached hydrogens (tertiary/aromatic N) is 1. The van der Waals surface area contributed by atoms with Crippen molar-refractivity contribution in [3.05, 3.63) is 105 Å². The average Bonchev–Trinajstić information content (AvgIpc) is 3.45. The fourth-order valence-corrected chi connectivity index (χ4v) is 5.53. The molecule has 5 rings (SSSR count). The number of carbonyl (C=O) groups excluding carboxylic acids is 2. The molecule has 1 aliphatic rings. The Labute approximate surface area is 209 Å². The zero-order valence-corrected chi connectivity index (χ0v) is 21.0. The molecule has 1 unspecified atom stereocenters. The van der Waals surface area contributed by atoms with Gasteiger partial charge in [-0.05, 0) is 52.4 Å². The number of anilines is 1. The van der Waals surface area contributed by atoms with Crippen LogP contribution in [0, 0.1) is 6.92 Å². The first-order chi connectivity index (χ1) is 16.7. The van der Waals surface area contributed by atoms with E-state index >= 15 is 0 Å². The number of rotatable bonds is 3. The molecule has 0 radical (unpaired) electrons. The van der Waals surface area contributed by atoms with Crippen molar-refractivity contribution < 1.29 is 14.7 Å². The maximum absolute atomic E-state index is 13.5. The lowest BCUT2D eigenvalue weighted by atomic mass is 9.84. The van der Waals surface area contributed by atoms with Crippen LogP contribution < -0.4 is 4.90 Å². The number of amides is 1. The van der Waals surface area contributed by atoms with E-state index in [1.54, 1.807) is 4.90 Å². The number of aliphatic hydroxyl groups is 1. The van der Waals surface area contributed by atoms with Crippen molar-refractivity contribution in [1.82, 2.24) is 0 Å². The van der Waals surface area contributed by atoms with Crippen LogP contribution in [-0.4, -0.2) is 16.8 Å². The van der Waals surface area contributed by atoms with Crippen LogP contribution in [0.15, 0.2) is 83.7 Å². The summed E-state index contributed by atoms with van der Waals surface area (Å²) in [7, 11) is 0. The van der Waals surface area contributed by atoms with Gasteiger partial charge in [0.05, 0.1) is 11.3 Å². The highest BCUT2D eigenvalue weighted by Gasteiger charge is 2.48. The summed E-state index contributed by atoms with van der Waals surface area (Å²) in [4.78, 5) is 29.5. The second-order valence-corrected chi connectivity index (χ2v) is 10.9. The minimum atomic E-state index is -0.710. The Morgan fingerprint density at radius 1 is 0.943 bits per heavy atom. The van der Waals surface area contributed by atoms with Crippen molar-refractivity contribution in [3.63, 3.8) is 0 Å². The van der Waals surface area contributed by atoms with E-state index in [4.69, 9.17) is 0 Å². The molecule has 0 spiro atoms. The van der Waals surface area contributed by atoms with E-state index in [0.29, 0.717) is 11.3 Å². The van der Waals surface area contributed by atoms with Gasteiger partial charge in [0.2, 0.25) is 0 Å². The lowest BCUT2D eigenvalue weighted by Gasteiger charge is -2.26. The van der Waals surface area contributed by atoms with E-state index in [1.807, 2.05) is 85.1 Å². The van der Waals surface area contributed by atoms with E-state index in [1.165, 1.54) is 11.3 Å². The predicted molar refractivity (Wildman–Crippen MR) is 143 cm³/mol. The molecular weight excluding hydrogens is 454 g/mol. The zero-order valence-electron chi connectivity index (χ0n) is 20.2. The summed E-state index contributed by atoms with van der Waals surface area (Å²) in [6.45, 7) is 8.22. The van der Waals surface area contributed by atoms with Crippen LogP contribution in [0.2, 0.25) is 0 Å². The smallest absolute Gasteiger partial charge is 0.300 e. The summed E-state index contributed by atoms with van der Waals surface area (Å²) in [5.74, 6) is -1.44. The van der Waals surface area contributed by atoms with E-state index in [0.717, 1.165) is 26.8 Å². The van der Waals surface area contributed by atoms with Crippen LogP contribution >= 0.6 is 11.3 Å². The molecule has 1 aliphatic heterocycles. The van der Waals surface area contributed by atoms with Crippen LogP contribution in [0.4, 0.5) is 5.69 Å². The maximum atomic E-state index is 13.5. The van der Waals surface area contributed by atoms with Gasteiger partial charge < -0.3 is 5.11 Å². The van der Waals surface area contributed by atoms with Crippen LogP contribution in [0.1, 0.15) is 48.4 Å². The normalized spacial score (nSPS) is 17.9. The molecule has 4 nitrogen and oxygen atoms in total. The third kappa shape index (κ3) is 3.86. The minimum absolute atomic E-state index is 0.125. The summed E-state index contributed by atoms with van der Waals surface area (Å²) in [5.41, 5.74) is 3.11. The number of aliphatic hydroxyl groups excluding tert-OH is 1. The third-order valence-corrected chi connectivity index (χ3v) is 7.57. The van der Waals surface area contributed by atoms with Crippen molar-refractivity contribution in [2.45, 2.75) is 39.2 Å². The predicted octanol–water partition coefficient (Wildman–Crippen LogP) is 7.13. The van der Waals surface area contributed by atoms with Crippen LogP contribution in [0.3, 0.4) is 0 Å². The topological polar surface area (TPSA) is 57.6 Å². The SMILES string of the molecule is Cc1ccc(C(C)(C)C)cc1/C(O)=C1\C(=O)C(=O)N(c2cccc3ccccc23)C1c1cccs1. The second kappa shape index (κ2) is 8.51. The highest BCUT2D eigenvalue weighted by molar-refractivity contribution is 7.10. The first-order valence-electron chi connectivity index (χ1n) is 11.6. The second-order valence-electron chi connectivity index (χ2n) is 9.96. The quantitative estimate of drug-likeness (QED) is 0.192. The Balaban J connectivity index is 1.77. The summed E-state index contributed by atoms with van der Waals surface area (Å²) < 4.78 is 0. The standard InChI is InChI=1S/C30H27NO3S/c1-18-14-15-20(30(2,3)4)17-22(18)27(32)25-26(24-13-8-16-35-24)31(29(34)28(25)33)23-12-7-10-19-9-5-6-11-21(19)23/h5-17,26,32H,1-4H3/b27-25+. The van der Waals surface area contributed by atoms with E-state index in [9.17, 15) is 14.7 Å². The highest BCUT2D eigenvalue weighted by atomic mass is 32.1. The van der Waals surface area contributed by atoms with Gasteiger partial charge in [-0.3, -0.25) is 14.5 Å². The fraction of sp³-hybridized carbons (Fsp3) is 0.200. The molecule has 0 aliphatic carbocycles. The number of benzene rings is 3. The molecule has 5 heteroatoms. The van der Waals surface area contributed by atoms with Gasteiger partial charge >= 0.3 is 0 Å². The van der Waals surface area contributed by atoms with Crippen molar-refractivity contribution >= 4 is 45.2 Å². The summed E-state index contributed by atoms with van der Waals surface area (Å²) in [6.07, 6.45) is 0. The van der Waals surface area contributed by atoms with Gasteiger partial charge in [0.15, 0.2) is 0 Å². The minimum Gasteiger partial charge on any atom is -0.507 e. The number of ketones is 1. The first kappa shape index (κ1) is 23.1. The summed E-state index contributed by atoms with van der Waals surface area (Å²) in [6, 6.07) is 22.6. The third-order valence-electron chi connectivity index (χ3n) is 6.64. The highest BCUT2D eigenvalue weighted by Crippen LogP contribution is 2.45. The van der Waals surface area contributed by atoms with Crippen LogP contribution in [0.25, 0.3) is 16.5 Å². The molecule has 1 fully saturated rings. The number of aryl methyl sites for hydroxylation is 1. The molecule has 1 amide bonds. The monoisotopic (exact) mass is 481 g/mol. The van der Waals surface area contributed by atoms with Crippen molar-refractivity contribution in [2.24, 2.45) is 0 Å². The number of hydrogen-bond donors (Lipinski definition) is 1. The Kier molecular flexibility index (Phi) is 5.60. The van der Waals surface area contributed by atoms with Gasteiger partial charge in [0.25, 0.3) is 11.7 Å². The number of fused-ring (bicyclic) bond motifs is 1. The molecule has 1 atom stereocenters. The van der Waals surface area contributed by atoms with Crippen LogP contribution in [-0.2, 0) is 15.0 Å². The maximum Gasteiger partial charge on any atom is 0.300 e. The fourth-order valence-electron chi connectivity index (χ4n) is 4.70. The zero-order chi connectivity index (χ0) is 24.9. The van der Waals surface area contributed by atoms with E-state index < -0.39 is 17.7 Å². The van der Waals surface area contributed by atoms with Crippen molar-refractivity contribution in [1.29, 1.82) is 0 Å². The molecule has 1 aromatic heterocycles. The molecule has 1 N–H and O–H groups in total. The van der Waals surface area contributed by atoms with Gasteiger partial charge in [-0.25, -0.2) is 0 Å². The van der Waals surface area contributed by atoms with Crippen molar-refractivity contribution in [2.75, 3.05) is 4.90 Å². The van der Waals surface area contributed by atoms with Gasteiger partial charge in [0, 0.05) is 15.8 Å². The lowest BCUT2D eigenvalue weighted by molar-refractivity contribution is -0.132. The van der Waals surface area contributed by atoms with E-state index in [2.05, 4.69) is 20.8 Å². The number of thiophene rings is 1. The Morgan fingerprint density at radius 3 is 2.40 bits per heavy atom. The molecule has 176 valence electrons. The van der Waals surface area contributed by atoms with E-state index in [-0.39, 0.29) is 16.7 Å². The van der Waals surface area contributed by atoms with Crippen molar-refractivity contribution in [3.8, 4) is 0 Å². The van der Waals surface area contributed by atoms with Gasteiger partial charge in [-0.2, -0.15) is 0 Å². The summed E-state index contributed by atoms with van der Waals surface area (Å²) in [5, 5.41) is 15.4. The molecule has 0 saturated carbocycles. The first-order valence-corrected chi connectivity index (χ1v) is 12.5. The lowest BCUT2D eigenvalue weighted by Crippen LogP contribution is -2.29. The Hall–Kier alpha value is -3.70. The molecule has 2 heterocycles. The average molecular weight is 482 g/mol. The molecule has 3 aromatic carbocycles. The van der Waals surface area contributed by atoms with Gasteiger partial charge in [-0.1, -0.05) is 75.4 Å². The molecule has 1 saturated heterocycles. The van der Waals surface area contributed by atoms with Gasteiger partial charge in [0.1, 0.15) is 11.8 Å². The molecule has 4 aromatic rings. The molecule has 35 heavy (non-hydrogen) atoms. The largest absolute Gasteiger partial charge is 0.507 e. The van der Waals surface area contributed by atoms with Gasteiger partial charge in [-0.15, -0.1) is 11.3 Å².